The minimum atomic E-state index is -0.729. The molecule has 1 aromatic rings. The summed E-state index contributed by atoms with van der Waals surface area (Å²) >= 11 is 0. The number of hydrogen-bond donors (Lipinski definition) is 0. The van der Waals surface area contributed by atoms with Crippen molar-refractivity contribution >= 4 is 29.5 Å². The van der Waals surface area contributed by atoms with Gasteiger partial charge < -0.3 is 14.4 Å². The van der Waals surface area contributed by atoms with E-state index >= 15 is 0 Å². The maximum Gasteiger partial charge on any atom is 0.416 e. The predicted molar refractivity (Wildman–Crippen MR) is 99.6 cm³/mol. The number of hydrogen-bond acceptors (Lipinski definition) is 5. The zero-order valence-electron chi connectivity index (χ0n) is 16.1. The molecule has 2 aliphatic heterocycles. The molecule has 1 aromatic carbocycles. The number of anilines is 2. The highest BCUT2D eigenvalue weighted by Gasteiger charge is 2.38. The fourth-order valence-electron chi connectivity index (χ4n) is 3.05. The summed E-state index contributed by atoms with van der Waals surface area (Å²) in [4.78, 5) is 40.7. The molecule has 2 saturated heterocycles. The van der Waals surface area contributed by atoms with Crippen LogP contribution in [0.5, 0.6) is 0 Å². The summed E-state index contributed by atoms with van der Waals surface area (Å²) in [5.41, 5.74) is 0.836. The molecule has 0 spiro atoms. The summed E-state index contributed by atoms with van der Waals surface area (Å²) in [7, 11) is 1.54. The first-order valence-corrected chi connectivity index (χ1v) is 9.00. The second-order valence-corrected chi connectivity index (χ2v) is 7.71. The van der Waals surface area contributed by atoms with Crippen LogP contribution >= 0.6 is 0 Å². The quantitative estimate of drug-likeness (QED) is 0.811. The topological polar surface area (TPSA) is 79.4 Å². The van der Waals surface area contributed by atoms with Gasteiger partial charge in [-0.1, -0.05) is 0 Å². The van der Waals surface area contributed by atoms with Gasteiger partial charge in [0, 0.05) is 31.4 Å². The van der Waals surface area contributed by atoms with E-state index in [-0.39, 0.29) is 12.5 Å². The number of likely N-dealkylation sites (N-methyl/N-ethyl adjacent to an activating group) is 1. The van der Waals surface area contributed by atoms with Gasteiger partial charge in [-0.25, -0.2) is 9.59 Å². The van der Waals surface area contributed by atoms with Crippen LogP contribution in [-0.2, 0) is 14.3 Å². The molecular weight excluding hydrogens is 350 g/mol. The molecular formula is C19H25N3O5. The fraction of sp³-hybridized carbons (Fsp3) is 0.526. The summed E-state index contributed by atoms with van der Waals surface area (Å²) in [6.07, 6.45) is -0.381. The highest BCUT2D eigenvalue weighted by atomic mass is 16.6. The average Bonchev–Trinajstić information content (AvgIpc) is 3.18. The van der Waals surface area contributed by atoms with Gasteiger partial charge in [-0.05, 0) is 51.5 Å². The van der Waals surface area contributed by atoms with Crippen molar-refractivity contribution in [1.29, 1.82) is 0 Å². The van der Waals surface area contributed by atoms with Crippen LogP contribution in [0.3, 0.4) is 0 Å². The molecule has 2 aliphatic rings. The van der Waals surface area contributed by atoms with Crippen molar-refractivity contribution < 1.29 is 23.9 Å². The van der Waals surface area contributed by atoms with E-state index in [1.807, 2.05) is 12.1 Å². The van der Waals surface area contributed by atoms with Crippen molar-refractivity contribution in [3.8, 4) is 0 Å². The standard InChI is InChI=1S/C19H25N3O5/c1-19(2,3)27-17(24)20(4)16-12-22(18(25)26-16)14-9-7-13(8-10-14)21-11-5-6-15(21)23/h7-10,16H,5-6,11-12H2,1-4H3. The van der Waals surface area contributed by atoms with E-state index < -0.39 is 24.0 Å². The molecule has 8 nitrogen and oxygen atoms in total. The molecule has 0 N–H and O–H groups in total. The third kappa shape index (κ3) is 4.15. The van der Waals surface area contributed by atoms with Crippen LogP contribution in [0.1, 0.15) is 33.6 Å². The number of cyclic esters (lactones) is 1. The molecule has 2 fully saturated rings. The molecule has 0 radical (unpaired) electrons. The third-order valence-corrected chi connectivity index (χ3v) is 4.46. The van der Waals surface area contributed by atoms with Gasteiger partial charge in [-0.2, -0.15) is 0 Å². The normalized spacial score (nSPS) is 20.1. The summed E-state index contributed by atoms with van der Waals surface area (Å²) in [5.74, 6) is 0.113. The Morgan fingerprint density at radius 2 is 1.74 bits per heavy atom. The van der Waals surface area contributed by atoms with Crippen molar-refractivity contribution in [2.75, 3.05) is 29.9 Å². The third-order valence-electron chi connectivity index (χ3n) is 4.46. The minimum Gasteiger partial charge on any atom is -0.444 e. The van der Waals surface area contributed by atoms with Crippen LogP contribution in [0.2, 0.25) is 0 Å². The van der Waals surface area contributed by atoms with E-state index in [4.69, 9.17) is 9.47 Å². The largest absolute Gasteiger partial charge is 0.444 e. The number of rotatable bonds is 3. The second kappa shape index (κ2) is 7.09. The van der Waals surface area contributed by atoms with Gasteiger partial charge in [0.2, 0.25) is 5.91 Å². The zero-order valence-corrected chi connectivity index (χ0v) is 16.1. The number of benzene rings is 1. The van der Waals surface area contributed by atoms with Gasteiger partial charge in [0.25, 0.3) is 0 Å². The number of carbonyl (C=O) groups excluding carboxylic acids is 3. The monoisotopic (exact) mass is 375 g/mol. The molecule has 1 unspecified atom stereocenters. The van der Waals surface area contributed by atoms with Crippen LogP contribution in [0.15, 0.2) is 24.3 Å². The number of carbonyl (C=O) groups is 3. The Morgan fingerprint density at radius 3 is 2.26 bits per heavy atom. The molecule has 0 aromatic heterocycles. The van der Waals surface area contributed by atoms with Crippen LogP contribution in [0.25, 0.3) is 0 Å². The van der Waals surface area contributed by atoms with E-state index in [9.17, 15) is 14.4 Å². The molecule has 0 aliphatic carbocycles. The van der Waals surface area contributed by atoms with Gasteiger partial charge >= 0.3 is 12.2 Å². The van der Waals surface area contributed by atoms with Crippen LogP contribution in [-0.4, -0.2) is 55.0 Å². The van der Waals surface area contributed by atoms with Crippen molar-refractivity contribution in [3.63, 3.8) is 0 Å². The molecule has 0 saturated carbocycles. The Hall–Kier alpha value is -2.77. The smallest absolute Gasteiger partial charge is 0.416 e. The van der Waals surface area contributed by atoms with Gasteiger partial charge in [0.05, 0.1) is 6.54 Å². The fourth-order valence-corrected chi connectivity index (χ4v) is 3.05. The maximum atomic E-state index is 12.3. The average molecular weight is 375 g/mol. The van der Waals surface area contributed by atoms with Crippen molar-refractivity contribution in [1.82, 2.24) is 4.90 Å². The minimum absolute atomic E-state index is 0.113. The van der Waals surface area contributed by atoms with Crippen LogP contribution < -0.4 is 9.80 Å². The maximum absolute atomic E-state index is 12.3. The van der Waals surface area contributed by atoms with Crippen LogP contribution in [0.4, 0.5) is 21.0 Å². The molecule has 3 rings (SSSR count). The SMILES string of the molecule is CN(C(=O)OC(C)(C)C)C1CN(c2ccc(N3CCCC3=O)cc2)C(=O)O1. The van der Waals surface area contributed by atoms with Crippen molar-refractivity contribution in [2.45, 2.75) is 45.4 Å². The van der Waals surface area contributed by atoms with E-state index in [0.717, 1.165) is 12.1 Å². The molecule has 3 amide bonds. The Kier molecular flexibility index (Phi) is 4.99. The summed E-state index contributed by atoms with van der Waals surface area (Å²) in [5, 5.41) is 0. The summed E-state index contributed by atoms with van der Waals surface area (Å²) in [6, 6.07) is 7.18. The Balaban J connectivity index is 1.67. The first-order chi connectivity index (χ1) is 12.7. The Bertz CT molecular complexity index is 741. The lowest BCUT2D eigenvalue weighted by Gasteiger charge is -2.27. The second-order valence-electron chi connectivity index (χ2n) is 7.71. The number of amides is 3. The first-order valence-electron chi connectivity index (χ1n) is 9.00. The van der Waals surface area contributed by atoms with Gasteiger partial charge in [0.1, 0.15) is 5.60 Å². The lowest BCUT2D eigenvalue weighted by molar-refractivity contribution is -0.117. The molecule has 0 bridgehead atoms. The van der Waals surface area contributed by atoms with Gasteiger partial charge in [0.15, 0.2) is 6.23 Å². The van der Waals surface area contributed by atoms with E-state index in [2.05, 4.69) is 0 Å². The van der Waals surface area contributed by atoms with Crippen molar-refractivity contribution in [2.24, 2.45) is 0 Å². The number of ether oxygens (including phenoxy) is 2. The number of nitrogens with zero attached hydrogens (tertiary/aromatic N) is 3. The van der Waals surface area contributed by atoms with E-state index in [1.54, 1.807) is 37.8 Å². The highest BCUT2D eigenvalue weighted by molar-refractivity contribution is 5.96. The summed E-state index contributed by atoms with van der Waals surface area (Å²) in [6.45, 7) is 6.25. The molecule has 8 heteroatoms. The highest BCUT2D eigenvalue weighted by Crippen LogP contribution is 2.28. The lowest BCUT2D eigenvalue weighted by atomic mass is 10.2. The van der Waals surface area contributed by atoms with E-state index in [0.29, 0.717) is 18.7 Å². The van der Waals surface area contributed by atoms with Crippen LogP contribution in [0, 0.1) is 0 Å². The van der Waals surface area contributed by atoms with Gasteiger partial charge in [-0.3, -0.25) is 14.6 Å². The molecule has 27 heavy (non-hydrogen) atoms. The summed E-state index contributed by atoms with van der Waals surface area (Å²) < 4.78 is 10.6. The molecule has 146 valence electrons. The molecule has 1 atom stereocenters. The van der Waals surface area contributed by atoms with E-state index in [1.165, 1.54) is 16.8 Å². The first kappa shape index (κ1) is 19.0. The molecule has 2 heterocycles. The van der Waals surface area contributed by atoms with Crippen molar-refractivity contribution in [3.05, 3.63) is 24.3 Å². The van der Waals surface area contributed by atoms with Gasteiger partial charge in [-0.15, -0.1) is 0 Å². The lowest BCUT2D eigenvalue weighted by Crippen LogP contribution is -2.42. The Labute approximate surface area is 158 Å². The predicted octanol–water partition coefficient (Wildman–Crippen LogP) is 2.96. The Morgan fingerprint density at radius 1 is 1.15 bits per heavy atom. The zero-order chi connectivity index (χ0) is 19.8.